The molecule has 0 bridgehead atoms. The molecule has 0 aromatic carbocycles. The quantitative estimate of drug-likeness (QED) is 0.612. The first-order valence-corrected chi connectivity index (χ1v) is 9.97. The van der Waals surface area contributed by atoms with Crippen LogP contribution in [0.15, 0.2) is 11.1 Å². The third-order valence-corrected chi connectivity index (χ3v) is 6.90. The fourth-order valence-corrected chi connectivity index (χ4v) is 5.22. The zero-order chi connectivity index (χ0) is 18.8. The van der Waals surface area contributed by atoms with Gasteiger partial charge in [-0.05, 0) is 57.9 Å². The van der Waals surface area contributed by atoms with E-state index in [-0.39, 0.29) is 5.91 Å². The molecule has 1 heterocycles. The highest BCUT2D eigenvalue weighted by Gasteiger charge is 2.37. The van der Waals surface area contributed by atoms with Gasteiger partial charge in [0.1, 0.15) is 11.1 Å². The Kier molecular flexibility index (Phi) is 5.47. The molecule has 6 heteroatoms. The second kappa shape index (κ2) is 7.63. The normalized spacial score (nSPS) is 23.0. The molecule has 0 saturated heterocycles. The number of rotatable bonds is 3. The lowest BCUT2D eigenvalue weighted by molar-refractivity contribution is -0.146. The molecule has 2 N–H and O–H groups in total. The summed E-state index contributed by atoms with van der Waals surface area (Å²) in [6, 6.07) is 2.26. The molecule has 0 saturated carbocycles. The number of carbonyl (C=O) groups is 2. The number of allylic oxidation sites excluding steroid dienone is 2. The fraction of sp³-hybridized carbons (Fsp3) is 0.550. The summed E-state index contributed by atoms with van der Waals surface area (Å²) in [7, 11) is 0. The van der Waals surface area contributed by atoms with Gasteiger partial charge in [-0.25, -0.2) is 0 Å². The Morgan fingerprint density at radius 1 is 1.12 bits per heavy atom. The van der Waals surface area contributed by atoms with E-state index in [9.17, 15) is 20.0 Å². The lowest BCUT2D eigenvalue weighted by Gasteiger charge is -2.29. The van der Waals surface area contributed by atoms with Crippen molar-refractivity contribution < 1.29 is 14.7 Å². The van der Waals surface area contributed by atoms with E-state index in [1.165, 1.54) is 22.6 Å². The molecule has 1 amide bonds. The minimum atomic E-state index is -0.931. The van der Waals surface area contributed by atoms with Crippen molar-refractivity contribution in [1.29, 1.82) is 5.26 Å². The number of nitrogens with one attached hydrogen (secondary N) is 1. The van der Waals surface area contributed by atoms with Crippen LogP contribution in [0.1, 0.15) is 62.0 Å². The third kappa shape index (κ3) is 3.54. The van der Waals surface area contributed by atoms with Gasteiger partial charge >= 0.3 is 5.97 Å². The van der Waals surface area contributed by atoms with Crippen molar-refractivity contribution in [2.24, 2.45) is 11.8 Å². The van der Waals surface area contributed by atoms with Crippen molar-refractivity contribution >= 4 is 28.2 Å². The predicted molar refractivity (Wildman–Crippen MR) is 101 cm³/mol. The van der Waals surface area contributed by atoms with E-state index in [0.717, 1.165) is 42.4 Å². The van der Waals surface area contributed by atoms with E-state index in [1.807, 2.05) is 13.8 Å². The van der Waals surface area contributed by atoms with E-state index in [2.05, 4.69) is 11.4 Å². The highest BCUT2D eigenvalue weighted by Crippen LogP contribution is 2.39. The first kappa shape index (κ1) is 18.7. The topological polar surface area (TPSA) is 90.2 Å². The smallest absolute Gasteiger partial charge is 0.307 e. The first-order chi connectivity index (χ1) is 12.4. The number of hydrogen-bond acceptors (Lipinski definition) is 4. The maximum absolute atomic E-state index is 12.9. The van der Waals surface area contributed by atoms with Crippen LogP contribution in [-0.4, -0.2) is 17.0 Å². The van der Waals surface area contributed by atoms with Gasteiger partial charge in [-0.1, -0.05) is 17.6 Å². The number of carboxylic acids is 1. The molecule has 138 valence electrons. The van der Waals surface area contributed by atoms with Crippen molar-refractivity contribution in [3.63, 3.8) is 0 Å². The van der Waals surface area contributed by atoms with Crippen LogP contribution in [0.5, 0.6) is 0 Å². The van der Waals surface area contributed by atoms with Crippen LogP contribution >= 0.6 is 11.3 Å². The van der Waals surface area contributed by atoms with Gasteiger partial charge < -0.3 is 10.4 Å². The zero-order valence-electron chi connectivity index (χ0n) is 15.2. The molecule has 0 unspecified atom stereocenters. The van der Waals surface area contributed by atoms with E-state index in [0.29, 0.717) is 23.4 Å². The molecule has 26 heavy (non-hydrogen) atoms. The van der Waals surface area contributed by atoms with Gasteiger partial charge in [0.15, 0.2) is 0 Å². The zero-order valence-corrected chi connectivity index (χ0v) is 16.0. The Labute approximate surface area is 157 Å². The molecule has 5 nitrogen and oxygen atoms in total. The van der Waals surface area contributed by atoms with Crippen molar-refractivity contribution in [1.82, 2.24) is 0 Å². The predicted octanol–water partition coefficient (Wildman–Crippen LogP) is 4.27. The minimum absolute atomic E-state index is 0.280. The van der Waals surface area contributed by atoms with Gasteiger partial charge in [0.2, 0.25) is 5.91 Å². The number of carboxylic acid groups (broad SMARTS) is 1. The number of carbonyl (C=O) groups excluding carboxylic acids is 1. The number of aliphatic carboxylic acids is 1. The molecule has 2 aliphatic rings. The van der Waals surface area contributed by atoms with Crippen molar-refractivity contribution in [2.75, 3.05) is 5.32 Å². The number of nitrogens with zero attached hydrogens (tertiary/aromatic N) is 1. The lowest BCUT2D eigenvalue weighted by atomic mass is 9.76. The number of thiophene rings is 1. The summed E-state index contributed by atoms with van der Waals surface area (Å²) in [4.78, 5) is 25.7. The van der Waals surface area contributed by atoms with Crippen LogP contribution in [0.4, 0.5) is 5.00 Å². The monoisotopic (exact) mass is 372 g/mol. The molecule has 0 spiro atoms. The first-order valence-electron chi connectivity index (χ1n) is 9.16. The number of fused-ring (bicyclic) bond motifs is 1. The van der Waals surface area contributed by atoms with Crippen LogP contribution < -0.4 is 5.32 Å². The van der Waals surface area contributed by atoms with Gasteiger partial charge in [0.25, 0.3) is 0 Å². The molecular formula is C20H24N2O3S. The number of hydrogen-bond donors (Lipinski definition) is 2. The fourth-order valence-electron chi connectivity index (χ4n) is 3.98. The van der Waals surface area contributed by atoms with E-state index in [4.69, 9.17) is 0 Å². The van der Waals surface area contributed by atoms with Crippen LogP contribution in [0.3, 0.4) is 0 Å². The summed E-state index contributed by atoms with van der Waals surface area (Å²) in [5.41, 5.74) is 3.80. The van der Waals surface area contributed by atoms with Crippen LogP contribution in [0.2, 0.25) is 0 Å². The summed E-state index contributed by atoms with van der Waals surface area (Å²) in [6.07, 6.45) is 6.05. The third-order valence-electron chi connectivity index (χ3n) is 5.69. The summed E-state index contributed by atoms with van der Waals surface area (Å²) < 4.78 is 0. The maximum Gasteiger partial charge on any atom is 0.307 e. The second-order valence-electron chi connectivity index (χ2n) is 7.39. The number of amides is 1. The minimum Gasteiger partial charge on any atom is -0.481 e. The number of anilines is 1. The largest absolute Gasteiger partial charge is 0.481 e. The summed E-state index contributed by atoms with van der Waals surface area (Å²) in [6.45, 7) is 3.89. The van der Waals surface area contributed by atoms with E-state index in [1.54, 1.807) is 0 Å². The Morgan fingerprint density at radius 3 is 2.42 bits per heavy atom. The maximum atomic E-state index is 12.9. The molecule has 0 aliphatic heterocycles. The molecule has 2 aliphatic carbocycles. The van der Waals surface area contributed by atoms with Crippen LogP contribution in [0, 0.1) is 23.2 Å². The molecular weight excluding hydrogens is 348 g/mol. The van der Waals surface area contributed by atoms with Crippen molar-refractivity contribution in [3.8, 4) is 6.07 Å². The molecule has 2 atom stereocenters. The number of aryl methyl sites for hydroxylation is 1. The standard InChI is InChI=1S/C20H24N2O3S/c1-11-8-14(15(20(24)25)9-12(11)2)18(23)22-19-16(10-21)13-6-4-3-5-7-17(13)26-19/h14-15H,3-9H2,1-2H3,(H,22,23)(H,24,25)/t14-,15-/m0/s1. The molecule has 0 fully saturated rings. The lowest BCUT2D eigenvalue weighted by Crippen LogP contribution is -2.36. The van der Waals surface area contributed by atoms with Crippen LogP contribution in [-0.2, 0) is 22.4 Å². The summed E-state index contributed by atoms with van der Waals surface area (Å²) >= 11 is 1.49. The SMILES string of the molecule is CC1=C(C)C[C@H](C(=O)Nc2sc3c(c2C#N)CCCCC3)[C@@H](C(=O)O)C1. The van der Waals surface area contributed by atoms with Gasteiger partial charge in [-0.3, -0.25) is 9.59 Å². The average molecular weight is 372 g/mol. The van der Waals surface area contributed by atoms with Crippen LogP contribution in [0.25, 0.3) is 0 Å². The Balaban J connectivity index is 1.86. The number of nitriles is 1. The average Bonchev–Trinajstić information content (AvgIpc) is 2.76. The van der Waals surface area contributed by atoms with E-state index >= 15 is 0 Å². The van der Waals surface area contributed by atoms with Gasteiger partial charge in [-0.15, -0.1) is 11.3 Å². The second-order valence-corrected chi connectivity index (χ2v) is 8.49. The Morgan fingerprint density at radius 2 is 1.77 bits per heavy atom. The highest BCUT2D eigenvalue weighted by atomic mass is 32.1. The Hall–Kier alpha value is -2.13. The molecule has 0 radical (unpaired) electrons. The summed E-state index contributed by atoms with van der Waals surface area (Å²) in [5, 5.41) is 22.6. The van der Waals surface area contributed by atoms with Crippen molar-refractivity contribution in [2.45, 2.75) is 58.8 Å². The van der Waals surface area contributed by atoms with E-state index < -0.39 is 17.8 Å². The summed E-state index contributed by atoms with van der Waals surface area (Å²) in [5.74, 6) is -2.51. The molecule has 1 aromatic heterocycles. The van der Waals surface area contributed by atoms with Crippen molar-refractivity contribution in [3.05, 3.63) is 27.2 Å². The molecule has 1 aromatic rings. The van der Waals surface area contributed by atoms with Gasteiger partial charge in [-0.2, -0.15) is 5.26 Å². The molecule has 3 rings (SSSR count). The van der Waals surface area contributed by atoms with Gasteiger partial charge in [0, 0.05) is 4.88 Å². The highest BCUT2D eigenvalue weighted by molar-refractivity contribution is 7.16. The van der Waals surface area contributed by atoms with Gasteiger partial charge in [0.05, 0.1) is 17.4 Å². The Bertz CT molecular complexity index is 816.